The highest BCUT2D eigenvalue weighted by Crippen LogP contribution is 2.13. The molecule has 2 aromatic rings. The van der Waals surface area contributed by atoms with Crippen molar-refractivity contribution >= 4 is 15.6 Å². The number of carbonyl (C=O) groups is 1. The van der Waals surface area contributed by atoms with E-state index in [-0.39, 0.29) is 6.42 Å². The fraction of sp³-hybridized carbons (Fsp3) is 0.286. The standard InChI is InChI=1S/C21H22O4S/c1-26(24,25)21(20(23)16-22)9-5-8-18-11-14-19(15-12-18)13-10-17-6-3-2-4-7-17/h2-4,6-7,11-12,14-15,21-22H,5,8-9,16H2,1H3. The van der Waals surface area contributed by atoms with E-state index in [0.717, 1.165) is 22.9 Å². The third-order valence-electron chi connectivity index (χ3n) is 4.04. The quantitative estimate of drug-likeness (QED) is 0.760. The Hall–Kier alpha value is -2.42. The number of Topliss-reactive ketones (excluding diaryl/α,β-unsaturated/α-hetero) is 1. The van der Waals surface area contributed by atoms with E-state index in [1.165, 1.54) is 0 Å². The summed E-state index contributed by atoms with van der Waals surface area (Å²) in [7, 11) is -3.50. The molecule has 136 valence electrons. The maximum atomic E-state index is 11.7. The Morgan fingerprint density at radius 1 is 1.00 bits per heavy atom. The first-order chi connectivity index (χ1) is 12.4. The lowest BCUT2D eigenvalue weighted by atomic mass is 10.0. The van der Waals surface area contributed by atoms with Crippen LogP contribution in [0, 0.1) is 11.8 Å². The smallest absolute Gasteiger partial charge is 0.176 e. The summed E-state index contributed by atoms with van der Waals surface area (Å²) in [5.41, 5.74) is 2.91. The Kier molecular flexibility index (Phi) is 7.14. The number of aliphatic hydroxyl groups excluding tert-OH is 1. The zero-order chi connectivity index (χ0) is 19.0. The summed E-state index contributed by atoms with van der Waals surface area (Å²) in [6, 6.07) is 17.5. The van der Waals surface area contributed by atoms with Crippen molar-refractivity contribution < 1.29 is 18.3 Å². The van der Waals surface area contributed by atoms with E-state index in [0.29, 0.717) is 12.8 Å². The zero-order valence-electron chi connectivity index (χ0n) is 14.7. The molecule has 2 aromatic carbocycles. The molecule has 4 nitrogen and oxygen atoms in total. The highest BCUT2D eigenvalue weighted by molar-refractivity contribution is 7.92. The second-order valence-electron chi connectivity index (χ2n) is 6.15. The van der Waals surface area contributed by atoms with Crippen LogP contribution >= 0.6 is 0 Å². The van der Waals surface area contributed by atoms with Crippen LogP contribution in [0.3, 0.4) is 0 Å². The SMILES string of the molecule is CS(=O)(=O)C(CCCc1ccc(C#Cc2ccccc2)cc1)C(=O)CO. The molecule has 2 rings (SSSR count). The largest absolute Gasteiger partial charge is 0.389 e. The molecule has 0 bridgehead atoms. The van der Waals surface area contributed by atoms with Crippen LogP contribution in [0.15, 0.2) is 54.6 Å². The molecule has 1 unspecified atom stereocenters. The molecular formula is C21H22O4S. The number of sulfone groups is 1. The molecule has 0 amide bonds. The first-order valence-electron chi connectivity index (χ1n) is 8.38. The minimum atomic E-state index is -3.50. The lowest BCUT2D eigenvalue weighted by molar-refractivity contribution is -0.121. The molecule has 0 aliphatic carbocycles. The zero-order valence-corrected chi connectivity index (χ0v) is 15.5. The number of rotatable bonds is 7. The number of benzene rings is 2. The van der Waals surface area contributed by atoms with Gasteiger partial charge in [-0.2, -0.15) is 0 Å². The van der Waals surface area contributed by atoms with Gasteiger partial charge in [0, 0.05) is 17.4 Å². The summed E-state index contributed by atoms with van der Waals surface area (Å²) in [5.74, 6) is 5.56. The summed E-state index contributed by atoms with van der Waals surface area (Å²) >= 11 is 0. The first-order valence-corrected chi connectivity index (χ1v) is 10.3. The molecule has 0 aromatic heterocycles. The average Bonchev–Trinajstić information content (AvgIpc) is 2.64. The highest BCUT2D eigenvalue weighted by Gasteiger charge is 2.27. The molecule has 0 heterocycles. The van der Waals surface area contributed by atoms with Crippen molar-refractivity contribution in [3.05, 3.63) is 71.3 Å². The Morgan fingerprint density at radius 3 is 2.12 bits per heavy atom. The maximum Gasteiger partial charge on any atom is 0.176 e. The Balaban J connectivity index is 1.93. The fourth-order valence-electron chi connectivity index (χ4n) is 2.63. The van der Waals surface area contributed by atoms with E-state index in [2.05, 4.69) is 11.8 Å². The predicted molar refractivity (Wildman–Crippen MR) is 103 cm³/mol. The molecule has 1 atom stereocenters. The molecule has 5 heteroatoms. The van der Waals surface area contributed by atoms with Gasteiger partial charge in [0.15, 0.2) is 15.6 Å². The van der Waals surface area contributed by atoms with Crippen LogP contribution in [0.1, 0.15) is 29.5 Å². The summed E-state index contributed by atoms with van der Waals surface area (Å²) in [6.45, 7) is -0.744. The summed E-state index contributed by atoms with van der Waals surface area (Å²) in [4.78, 5) is 11.6. The topological polar surface area (TPSA) is 71.4 Å². The third-order valence-corrected chi connectivity index (χ3v) is 5.57. The van der Waals surface area contributed by atoms with E-state index in [9.17, 15) is 13.2 Å². The highest BCUT2D eigenvalue weighted by atomic mass is 32.2. The third kappa shape index (κ3) is 6.14. The normalized spacial score (nSPS) is 12.1. The Bertz CT molecular complexity index is 889. The van der Waals surface area contributed by atoms with Crippen LogP contribution in [0.4, 0.5) is 0 Å². The summed E-state index contributed by atoms with van der Waals surface area (Å²) in [5, 5.41) is 7.80. The van der Waals surface area contributed by atoms with Crippen LogP contribution in [0.5, 0.6) is 0 Å². The van der Waals surface area contributed by atoms with Gasteiger partial charge in [0.25, 0.3) is 0 Å². The van der Waals surface area contributed by atoms with Gasteiger partial charge in [-0.3, -0.25) is 4.79 Å². The fourth-order valence-corrected chi connectivity index (χ4v) is 3.77. The van der Waals surface area contributed by atoms with Crippen molar-refractivity contribution in [3.63, 3.8) is 0 Å². The number of ketones is 1. The molecule has 26 heavy (non-hydrogen) atoms. The first kappa shape index (κ1) is 19.9. The van der Waals surface area contributed by atoms with E-state index < -0.39 is 27.5 Å². The van der Waals surface area contributed by atoms with Gasteiger partial charge in [-0.25, -0.2) is 8.42 Å². The van der Waals surface area contributed by atoms with E-state index in [1.54, 1.807) is 0 Å². The lowest BCUT2D eigenvalue weighted by Crippen LogP contribution is -2.31. The molecule has 1 N–H and O–H groups in total. The lowest BCUT2D eigenvalue weighted by Gasteiger charge is -2.12. The molecule has 0 spiro atoms. The number of aliphatic hydroxyl groups is 1. The Morgan fingerprint density at radius 2 is 1.58 bits per heavy atom. The molecule has 0 saturated carbocycles. The van der Waals surface area contributed by atoms with Gasteiger partial charge in [0.1, 0.15) is 11.9 Å². The van der Waals surface area contributed by atoms with E-state index >= 15 is 0 Å². The van der Waals surface area contributed by atoms with Gasteiger partial charge >= 0.3 is 0 Å². The summed E-state index contributed by atoms with van der Waals surface area (Å²) in [6.07, 6.45) is 2.47. The molecule has 0 radical (unpaired) electrons. The van der Waals surface area contributed by atoms with Gasteiger partial charge in [-0.15, -0.1) is 0 Å². The van der Waals surface area contributed by atoms with Gasteiger partial charge in [0.05, 0.1) is 0 Å². The van der Waals surface area contributed by atoms with Crippen LogP contribution < -0.4 is 0 Å². The van der Waals surface area contributed by atoms with Crippen LogP contribution in [-0.4, -0.2) is 37.4 Å². The summed E-state index contributed by atoms with van der Waals surface area (Å²) < 4.78 is 23.3. The minimum absolute atomic E-state index is 0.216. The van der Waals surface area contributed by atoms with Crippen LogP contribution in [-0.2, 0) is 21.1 Å². The van der Waals surface area contributed by atoms with E-state index in [4.69, 9.17) is 5.11 Å². The van der Waals surface area contributed by atoms with Crippen molar-refractivity contribution in [2.45, 2.75) is 24.5 Å². The number of carbonyl (C=O) groups excluding carboxylic acids is 1. The van der Waals surface area contributed by atoms with Crippen molar-refractivity contribution in [1.82, 2.24) is 0 Å². The number of aryl methyl sites for hydroxylation is 1. The number of hydrogen-bond donors (Lipinski definition) is 1. The van der Waals surface area contributed by atoms with Crippen LogP contribution in [0.25, 0.3) is 0 Å². The Labute approximate surface area is 154 Å². The molecular weight excluding hydrogens is 348 g/mol. The molecule has 0 aliphatic heterocycles. The van der Waals surface area contributed by atoms with E-state index in [1.807, 2.05) is 54.6 Å². The second-order valence-corrected chi connectivity index (χ2v) is 8.38. The molecule has 0 aliphatic rings. The van der Waals surface area contributed by atoms with Crippen LogP contribution in [0.2, 0.25) is 0 Å². The van der Waals surface area contributed by atoms with Crippen molar-refractivity contribution in [3.8, 4) is 11.8 Å². The minimum Gasteiger partial charge on any atom is -0.389 e. The van der Waals surface area contributed by atoms with Gasteiger partial charge in [-0.1, -0.05) is 42.2 Å². The second kappa shape index (κ2) is 9.33. The number of hydrogen-bond acceptors (Lipinski definition) is 4. The monoisotopic (exact) mass is 370 g/mol. The van der Waals surface area contributed by atoms with Crippen molar-refractivity contribution in [2.75, 3.05) is 12.9 Å². The maximum absolute atomic E-state index is 11.7. The van der Waals surface area contributed by atoms with Gasteiger partial charge in [-0.05, 0) is 49.1 Å². The van der Waals surface area contributed by atoms with Gasteiger partial charge < -0.3 is 5.11 Å². The van der Waals surface area contributed by atoms with Crippen molar-refractivity contribution in [1.29, 1.82) is 0 Å². The molecule has 0 fully saturated rings. The molecule has 0 saturated heterocycles. The van der Waals surface area contributed by atoms with Crippen molar-refractivity contribution in [2.24, 2.45) is 0 Å². The average molecular weight is 370 g/mol. The van der Waals surface area contributed by atoms with Gasteiger partial charge in [0.2, 0.25) is 0 Å². The predicted octanol–water partition coefficient (Wildman–Crippen LogP) is 2.38.